The van der Waals surface area contributed by atoms with Gasteiger partial charge in [-0.25, -0.2) is 4.79 Å². The molecule has 0 aliphatic heterocycles. The number of hydrogen-bond donors (Lipinski definition) is 1. The molecule has 0 aromatic heterocycles. The van der Waals surface area contributed by atoms with Crippen LogP contribution in [0.4, 0.5) is 0 Å². The summed E-state index contributed by atoms with van der Waals surface area (Å²) in [6.45, 7) is 3.66. The van der Waals surface area contributed by atoms with Crippen LogP contribution in [0.1, 0.15) is 23.7 Å². The predicted molar refractivity (Wildman–Crippen MR) is 84.0 cm³/mol. The van der Waals surface area contributed by atoms with E-state index >= 15 is 0 Å². The molecule has 0 saturated heterocycles. The van der Waals surface area contributed by atoms with Crippen molar-refractivity contribution in [3.05, 3.63) is 29.8 Å². The highest BCUT2D eigenvalue weighted by atomic mass is 32.2. The molecule has 0 fully saturated rings. The number of rotatable bonds is 9. The van der Waals surface area contributed by atoms with E-state index in [9.17, 15) is 4.79 Å². The van der Waals surface area contributed by atoms with Crippen LogP contribution in [0.3, 0.4) is 0 Å². The molecule has 0 aliphatic rings. The van der Waals surface area contributed by atoms with E-state index in [2.05, 4.69) is 25.1 Å². The summed E-state index contributed by atoms with van der Waals surface area (Å²) in [5.41, 5.74) is 0.278. The number of carboxylic acid groups (broad SMARTS) is 1. The van der Waals surface area contributed by atoms with E-state index in [4.69, 9.17) is 9.84 Å². The molecular formula is C15H23NO3S. The van der Waals surface area contributed by atoms with E-state index in [-0.39, 0.29) is 5.56 Å². The summed E-state index contributed by atoms with van der Waals surface area (Å²) in [4.78, 5) is 13.0. The molecule has 5 heteroatoms. The zero-order chi connectivity index (χ0) is 15.0. The Balaban J connectivity index is 2.38. The van der Waals surface area contributed by atoms with E-state index in [1.54, 1.807) is 24.3 Å². The van der Waals surface area contributed by atoms with Gasteiger partial charge in [0, 0.05) is 18.3 Å². The number of carboxylic acids is 1. The molecule has 0 heterocycles. The summed E-state index contributed by atoms with van der Waals surface area (Å²) < 4.78 is 5.64. The fourth-order valence-corrected chi connectivity index (χ4v) is 2.81. The summed E-state index contributed by atoms with van der Waals surface area (Å²) >= 11 is 1.86. The van der Waals surface area contributed by atoms with Crippen molar-refractivity contribution < 1.29 is 14.6 Å². The van der Waals surface area contributed by atoms with Crippen molar-refractivity contribution in [3.63, 3.8) is 0 Å². The normalized spacial score (nSPS) is 12.4. The smallest absolute Gasteiger partial charge is 0.335 e. The van der Waals surface area contributed by atoms with Gasteiger partial charge >= 0.3 is 5.97 Å². The molecule has 1 atom stereocenters. The van der Waals surface area contributed by atoms with Crippen LogP contribution in [0.25, 0.3) is 0 Å². The van der Waals surface area contributed by atoms with Gasteiger partial charge < -0.3 is 9.84 Å². The number of benzene rings is 1. The van der Waals surface area contributed by atoms with Crippen LogP contribution >= 0.6 is 11.8 Å². The Morgan fingerprint density at radius 2 is 2.05 bits per heavy atom. The van der Waals surface area contributed by atoms with Gasteiger partial charge in [0.1, 0.15) is 12.4 Å². The van der Waals surface area contributed by atoms with Crippen molar-refractivity contribution in [1.29, 1.82) is 0 Å². The van der Waals surface area contributed by atoms with Crippen molar-refractivity contribution >= 4 is 17.7 Å². The largest absolute Gasteiger partial charge is 0.492 e. The van der Waals surface area contributed by atoms with E-state index in [0.717, 1.165) is 18.7 Å². The highest BCUT2D eigenvalue weighted by molar-refractivity contribution is 7.98. The minimum Gasteiger partial charge on any atom is -0.492 e. The molecule has 1 aromatic carbocycles. The van der Waals surface area contributed by atoms with Gasteiger partial charge in [0.25, 0.3) is 0 Å². The predicted octanol–water partition coefficient (Wildman–Crippen LogP) is 2.84. The van der Waals surface area contributed by atoms with Gasteiger partial charge in [-0.05, 0) is 44.0 Å². The van der Waals surface area contributed by atoms with Crippen LogP contribution in [0, 0.1) is 0 Å². The fraction of sp³-hybridized carbons (Fsp3) is 0.533. The number of carbonyl (C=O) groups is 1. The number of ether oxygens (including phenoxy) is 1. The maximum Gasteiger partial charge on any atom is 0.335 e. The third-order valence-corrected chi connectivity index (χ3v) is 3.99. The Bertz CT molecular complexity index is 408. The molecule has 20 heavy (non-hydrogen) atoms. The second-order valence-electron chi connectivity index (χ2n) is 4.68. The molecule has 0 spiro atoms. The van der Waals surface area contributed by atoms with Gasteiger partial charge in [0.2, 0.25) is 0 Å². The molecule has 0 amide bonds. The van der Waals surface area contributed by atoms with Crippen LogP contribution in [0.5, 0.6) is 5.75 Å². The molecule has 0 saturated carbocycles. The number of nitrogens with zero attached hydrogens (tertiary/aromatic N) is 1. The molecule has 112 valence electrons. The van der Waals surface area contributed by atoms with Gasteiger partial charge in [-0.2, -0.15) is 11.8 Å². The Hall–Kier alpha value is -1.20. The summed E-state index contributed by atoms with van der Waals surface area (Å²) in [5.74, 6) is 0.917. The van der Waals surface area contributed by atoms with Gasteiger partial charge in [0.05, 0.1) is 5.56 Å². The first kappa shape index (κ1) is 16.9. The van der Waals surface area contributed by atoms with Crippen LogP contribution in [-0.2, 0) is 0 Å². The Kier molecular flexibility index (Phi) is 7.47. The second-order valence-corrected chi connectivity index (χ2v) is 5.59. The van der Waals surface area contributed by atoms with Gasteiger partial charge in [-0.15, -0.1) is 0 Å². The van der Waals surface area contributed by atoms with Crippen LogP contribution in [0.15, 0.2) is 24.3 Å². The lowest BCUT2D eigenvalue weighted by Gasteiger charge is -2.26. The zero-order valence-corrected chi connectivity index (χ0v) is 13.2. The minimum absolute atomic E-state index is 0.278. The fourth-order valence-electron chi connectivity index (χ4n) is 1.93. The van der Waals surface area contributed by atoms with Crippen molar-refractivity contribution in [2.45, 2.75) is 19.4 Å². The first-order chi connectivity index (χ1) is 9.58. The number of hydrogen-bond acceptors (Lipinski definition) is 4. The lowest BCUT2D eigenvalue weighted by Crippen LogP contribution is -2.36. The van der Waals surface area contributed by atoms with Gasteiger partial charge in [-0.1, -0.05) is 6.92 Å². The van der Waals surface area contributed by atoms with Crippen molar-refractivity contribution in [2.75, 3.05) is 32.2 Å². The molecule has 1 rings (SSSR count). The van der Waals surface area contributed by atoms with E-state index in [1.807, 2.05) is 11.8 Å². The highest BCUT2D eigenvalue weighted by Crippen LogP contribution is 2.13. The second kappa shape index (κ2) is 8.87. The monoisotopic (exact) mass is 297 g/mol. The van der Waals surface area contributed by atoms with Crippen molar-refractivity contribution in [1.82, 2.24) is 4.90 Å². The molecule has 0 bridgehead atoms. The molecule has 1 aromatic rings. The highest BCUT2D eigenvalue weighted by Gasteiger charge is 2.11. The van der Waals surface area contributed by atoms with Crippen molar-refractivity contribution in [2.24, 2.45) is 0 Å². The molecule has 1 unspecified atom stereocenters. The molecule has 4 nitrogen and oxygen atoms in total. The first-order valence-corrected chi connectivity index (χ1v) is 8.13. The lowest BCUT2D eigenvalue weighted by molar-refractivity contribution is 0.0697. The third-order valence-electron chi connectivity index (χ3n) is 3.27. The SMILES string of the molecule is CCC(CSC)N(C)CCOc1ccc(C(=O)O)cc1. The molecule has 0 radical (unpaired) electrons. The lowest BCUT2D eigenvalue weighted by atomic mass is 10.2. The summed E-state index contributed by atoms with van der Waals surface area (Å²) in [7, 11) is 2.11. The van der Waals surface area contributed by atoms with Gasteiger partial charge in [-0.3, -0.25) is 4.90 Å². The number of aromatic carboxylic acids is 1. The van der Waals surface area contributed by atoms with Crippen LogP contribution in [0.2, 0.25) is 0 Å². The first-order valence-electron chi connectivity index (χ1n) is 6.73. The third kappa shape index (κ3) is 5.43. The molecule has 0 aliphatic carbocycles. The Morgan fingerprint density at radius 1 is 1.40 bits per heavy atom. The zero-order valence-electron chi connectivity index (χ0n) is 12.3. The van der Waals surface area contributed by atoms with E-state index in [0.29, 0.717) is 18.4 Å². The maximum absolute atomic E-state index is 10.7. The quantitative estimate of drug-likeness (QED) is 0.759. The topological polar surface area (TPSA) is 49.8 Å². The molecular weight excluding hydrogens is 274 g/mol. The summed E-state index contributed by atoms with van der Waals surface area (Å²) in [5, 5.41) is 8.81. The van der Waals surface area contributed by atoms with E-state index in [1.165, 1.54) is 0 Å². The maximum atomic E-state index is 10.7. The standard InChI is InChI=1S/C15H23NO3S/c1-4-13(11-20-3)16(2)9-10-19-14-7-5-12(6-8-14)15(17)18/h5-8,13H,4,9-11H2,1-3H3,(H,17,18). The number of thioether (sulfide) groups is 1. The average Bonchev–Trinajstić information content (AvgIpc) is 2.45. The summed E-state index contributed by atoms with van der Waals surface area (Å²) in [6, 6.07) is 7.09. The van der Waals surface area contributed by atoms with Crippen LogP contribution in [-0.4, -0.2) is 54.2 Å². The molecule has 1 N–H and O–H groups in total. The van der Waals surface area contributed by atoms with Crippen LogP contribution < -0.4 is 4.74 Å². The summed E-state index contributed by atoms with van der Waals surface area (Å²) in [6.07, 6.45) is 3.25. The van der Waals surface area contributed by atoms with E-state index < -0.39 is 5.97 Å². The number of likely N-dealkylation sites (N-methyl/N-ethyl adjacent to an activating group) is 1. The Labute approximate surface area is 125 Å². The minimum atomic E-state index is -0.917. The average molecular weight is 297 g/mol. The van der Waals surface area contributed by atoms with Gasteiger partial charge in [0.15, 0.2) is 0 Å². The Morgan fingerprint density at radius 3 is 2.55 bits per heavy atom. The van der Waals surface area contributed by atoms with Crippen molar-refractivity contribution in [3.8, 4) is 5.75 Å².